The number of hydrogen-bond donors (Lipinski definition) is 1. The molecule has 0 aromatic heterocycles. The number of nitrogens with one attached hydrogen (secondary N) is 1. The Balaban J connectivity index is 1.51. The number of carbonyl (C=O) groups is 3. The largest absolute Gasteiger partial charge is 0.482 e. The molecule has 1 atom stereocenters. The van der Waals surface area contributed by atoms with Crippen molar-refractivity contribution in [1.29, 1.82) is 0 Å². The summed E-state index contributed by atoms with van der Waals surface area (Å²) in [6, 6.07) is 1.80. The fraction of sp³-hybridized carbons (Fsp3) is 0.571. The number of ether oxygens (including phenoxy) is 2. The lowest BCUT2D eigenvalue weighted by molar-refractivity contribution is -0.151. The van der Waals surface area contributed by atoms with Gasteiger partial charge in [-0.2, -0.15) is 4.31 Å². The second-order valence-electron chi connectivity index (χ2n) is 8.24. The van der Waals surface area contributed by atoms with Gasteiger partial charge in [0.2, 0.25) is 15.9 Å². The highest BCUT2D eigenvalue weighted by Gasteiger charge is 2.43. The molecule has 4 rings (SSSR count). The van der Waals surface area contributed by atoms with Gasteiger partial charge in [0.15, 0.2) is 6.61 Å². The van der Waals surface area contributed by atoms with Crippen molar-refractivity contribution in [3.8, 4) is 5.75 Å². The highest BCUT2D eigenvalue weighted by atomic mass is 35.5. The minimum atomic E-state index is -4.09. The first-order valence-corrected chi connectivity index (χ1v) is 12.8. The molecule has 1 N–H and O–H groups in total. The molecule has 2 amide bonds. The number of anilines is 1. The van der Waals surface area contributed by atoms with Crippen molar-refractivity contribution < 1.29 is 32.3 Å². The molecule has 0 aliphatic carbocycles. The van der Waals surface area contributed by atoms with Crippen molar-refractivity contribution in [1.82, 2.24) is 9.21 Å². The molecule has 33 heavy (non-hydrogen) atoms. The second kappa shape index (κ2) is 9.47. The van der Waals surface area contributed by atoms with Gasteiger partial charge in [0.25, 0.3) is 5.91 Å². The summed E-state index contributed by atoms with van der Waals surface area (Å²) in [4.78, 5) is 38.2. The van der Waals surface area contributed by atoms with Gasteiger partial charge in [-0.1, -0.05) is 11.6 Å². The first-order valence-electron chi connectivity index (χ1n) is 11.0. The van der Waals surface area contributed by atoms with E-state index in [-0.39, 0.29) is 52.5 Å². The Kier molecular flexibility index (Phi) is 6.83. The summed E-state index contributed by atoms with van der Waals surface area (Å²) in [6.45, 7) is 2.79. The summed E-state index contributed by atoms with van der Waals surface area (Å²) in [5.41, 5.74) is 0.300. The Morgan fingerprint density at radius 3 is 2.64 bits per heavy atom. The van der Waals surface area contributed by atoms with Crippen LogP contribution in [0.3, 0.4) is 0 Å². The number of rotatable bonds is 5. The van der Waals surface area contributed by atoms with Gasteiger partial charge in [0.05, 0.1) is 23.2 Å². The summed E-state index contributed by atoms with van der Waals surface area (Å²) in [5, 5.41) is 2.53. The number of amides is 2. The second-order valence-corrected chi connectivity index (χ2v) is 10.5. The maximum Gasteiger partial charge on any atom is 0.309 e. The van der Waals surface area contributed by atoms with Crippen LogP contribution in [0.1, 0.15) is 32.6 Å². The van der Waals surface area contributed by atoms with Crippen LogP contribution in [-0.2, 0) is 29.1 Å². The third-order valence-corrected chi connectivity index (χ3v) is 8.54. The van der Waals surface area contributed by atoms with Crippen molar-refractivity contribution in [3.05, 3.63) is 17.2 Å². The van der Waals surface area contributed by atoms with Gasteiger partial charge < -0.3 is 19.7 Å². The number of nitrogens with zero attached hydrogens (tertiary/aromatic N) is 2. The maximum atomic E-state index is 13.5. The number of benzene rings is 1. The molecular formula is C21H26ClN3O7S. The van der Waals surface area contributed by atoms with Crippen LogP contribution in [0, 0.1) is 5.92 Å². The average molecular weight is 500 g/mol. The first kappa shape index (κ1) is 23.8. The van der Waals surface area contributed by atoms with E-state index in [9.17, 15) is 22.8 Å². The first-order chi connectivity index (χ1) is 15.7. The predicted octanol–water partition coefficient (Wildman–Crippen LogP) is 1.63. The van der Waals surface area contributed by atoms with Crippen molar-refractivity contribution >= 4 is 45.1 Å². The zero-order valence-corrected chi connectivity index (χ0v) is 19.8. The Morgan fingerprint density at radius 1 is 1.21 bits per heavy atom. The van der Waals surface area contributed by atoms with Gasteiger partial charge in [0.1, 0.15) is 16.7 Å². The molecular weight excluding hydrogens is 474 g/mol. The fourth-order valence-electron chi connectivity index (χ4n) is 4.49. The van der Waals surface area contributed by atoms with Crippen molar-refractivity contribution in [3.63, 3.8) is 0 Å². The quantitative estimate of drug-likeness (QED) is 0.611. The number of halogens is 1. The number of hydrogen-bond acceptors (Lipinski definition) is 7. The van der Waals surface area contributed by atoms with E-state index in [0.717, 1.165) is 0 Å². The molecule has 2 saturated heterocycles. The lowest BCUT2D eigenvalue weighted by atomic mass is 9.96. The van der Waals surface area contributed by atoms with Crippen LogP contribution in [0.15, 0.2) is 17.0 Å². The molecule has 180 valence electrons. The van der Waals surface area contributed by atoms with E-state index < -0.39 is 16.1 Å². The molecule has 2 fully saturated rings. The normalized spacial score (nSPS) is 21.8. The molecule has 0 radical (unpaired) electrons. The Bertz CT molecular complexity index is 1070. The lowest BCUT2D eigenvalue weighted by Crippen LogP contribution is -2.50. The Hall–Kier alpha value is -2.37. The number of sulfonamides is 1. The molecule has 0 unspecified atom stereocenters. The van der Waals surface area contributed by atoms with Crippen LogP contribution in [0.2, 0.25) is 5.02 Å². The smallest absolute Gasteiger partial charge is 0.309 e. The van der Waals surface area contributed by atoms with Crippen molar-refractivity contribution in [2.45, 2.75) is 43.5 Å². The monoisotopic (exact) mass is 499 g/mol. The maximum absolute atomic E-state index is 13.5. The fourth-order valence-corrected chi connectivity index (χ4v) is 6.66. The summed E-state index contributed by atoms with van der Waals surface area (Å²) < 4.78 is 38.6. The van der Waals surface area contributed by atoms with E-state index in [1.54, 1.807) is 11.8 Å². The number of fused-ring (bicyclic) bond motifs is 1. The molecule has 1 aromatic rings. The molecule has 3 heterocycles. The molecule has 3 aliphatic heterocycles. The van der Waals surface area contributed by atoms with E-state index in [2.05, 4.69) is 5.32 Å². The SMILES string of the molecule is CCOC(=O)C1CCN(C(=O)[C@H]2CCCN2S(=O)(=O)c2cc3c(cc2Cl)NC(=O)CO3)CC1. The minimum absolute atomic E-state index is 0.0621. The molecule has 1 aromatic carbocycles. The van der Waals surface area contributed by atoms with Gasteiger partial charge in [-0.15, -0.1) is 0 Å². The van der Waals surface area contributed by atoms with E-state index in [4.69, 9.17) is 21.1 Å². The number of esters is 1. The summed E-state index contributed by atoms with van der Waals surface area (Å²) in [7, 11) is -4.09. The van der Waals surface area contributed by atoms with Gasteiger partial charge >= 0.3 is 5.97 Å². The third-order valence-electron chi connectivity index (χ3n) is 6.17. The molecule has 0 bridgehead atoms. The molecule has 0 saturated carbocycles. The summed E-state index contributed by atoms with van der Waals surface area (Å²) in [6.07, 6.45) is 1.93. The average Bonchev–Trinajstić information content (AvgIpc) is 3.29. The zero-order chi connectivity index (χ0) is 23.8. The van der Waals surface area contributed by atoms with Crippen molar-refractivity contribution in [2.24, 2.45) is 5.92 Å². The third kappa shape index (κ3) is 4.67. The molecule has 0 spiro atoms. The van der Waals surface area contributed by atoms with E-state index in [0.29, 0.717) is 51.1 Å². The van der Waals surface area contributed by atoms with Gasteiger partial charge in [0, 0.05) is 25.7 Å². The van der Waals surface area contributed by atoms with Gasteiger partial charge in [-0.25, -0.2) is 8.42 Å². The van der Waals surface area contributed by atoms with Crippen LogP contribution in [-0.4, -0.2) is 74.3 Å². The van der Waals surface area contributed by atoms with Crippen LogP contribution >= 0.6 is 11.6 Å². The van der Waals surface area contributed by atoms with Crippen LogP contribution in [0.5, 0.6) is 5.75 Å². The van der Waals surface area contributed by atoms with E-state index in [1.807, 2.05) is 0 Å². The minimum Gasteiger partial charge on any atom is -0.482 e. The number of piperidine rings is 1. The Labute approximate surface area is 197 Å². The summed E-state index contributed by atoms with van der Waals surface area (Å²) >= 11 is 6.27. The number of likely N-dealkylation sites (tertiary alicyclic amines) is 1. The topological polar surface area (TPSA) is 122 Å². The molecule has 10 nitrogen and oxygen atoms in total. The number of carbonyl (C=O) groups excluding carboxylic acids is 3. The van der Waals surface area contributed by atoms with Crippen molar-refractivity contribution in [2.75, 3.05) is 38.2 Å². The Morgan fingerprint density at radius 2 is 1.94 bits per heavy atom. The standard InChI is InChI=1S/C21H26ClN3O7S/c1-2-31-21(28)13-5-8-24(9-6-13)20(27)16-4-3-7-25(16)33(29,30)18-11-17-15(10-14(18)22)23-19(26)12-32-17/h10-11,13,16H,2-9,12H2,1H3,(H,23,26)/t16-/m1/s1. The highest BCUT2D eigenvalue weighted by molar-refractivity contribution is 7.89. The van der Waals surface area contributed by atoms with Crippen LogP contribution in [0.4, 0.5) is 5.69 Å². The van der Waals surface area contributed by atoms with E-state index >= 15 is 0 Å². The van der Waals surface area contributed by atoms with Gasteiger partial charge in [-0.05, 0) is 38.7 Å². The van der Waals surface area contributed by atoms with Crippen LogP contribution < -0.4 is 10.1 Å². The zero-order valence-electron chi connectivity index (χ0n) is 18.2. The highest BCUT2D eigenvalue weighted by Crippen LogP contribution is 2.38. The lowest BCUT2D eigenvalue weighted by Gasteiger charge is -2.34. The van der Waals surface area contributed by atoms with Gasteiger partial charge in [-0.3, -0.25) is 14.4 Å². The molecule has 3 aliphatic rings. The summed E-state index contributed by atoms with van der Waals surface area (Å²) in [5.74, 6) is -0.912. The van der Waals surface area contributed by atoms with Crippen LogP contribution in [0.25, 0.3) is 0 Å². The van der Waals surface area contributed by atoms with E-state index in [1.165, 1.54) is 16.4 Å². The predicted molar refractivity (Wildman–Crippen MR) is 118 cm³/mol. The molecule has 12 heteroatoms.